The van der Waals surface area contributed by atoms with Crippen LogP contribution >= 0.6 is 23.5 Å². The zero-order chi connectivity index (χ0) is 27.1. The van der Waals surface area contributed by atoms with Gasteiger partial charge in [0.05, 0.1) is 16.7 Å². The Bertz CT molecular complexity index is 979. The van der Waals surface area contributed by atoms with E-state index in [9.17, 15) is 14.3 Å². The predicted molar refractivity (Wildman–Crippen MR) is 155 cm³/mol. The average Bonchev–Trinajstić information content (AvgIpc) is 3.51. The molecular formula is C27H40FN3O3S2. The molecule has 200 valence electrons. The Morgan fingerprint density at radius 1 is 1.31 bits per heavy atom. The van der Waals surface area contributed by atoms with Crippen LogP contribution in [-0.4, -0.2) is 62.5 Å². The number of nitrogens with one attached hydrogen (secondary N) is 1. The number of aryl methyl sites for hydroxylation is 1. The molecule has 1 aromatic carbocycles. The number of thioether (sulfide) groups is 2. The van der Waals surface area contributed by atoms with Crippen LogP contribution in [0.25, 0.3) is 0 Å². The van der Waals surface area contributed by atoms with E-state index in [2.05, 4.69) is 28.3 Å². The van der Waals surface area contributed by atoms with Gasteiger partial charge in [-0.3, -0.25) is 9.98 Å². The standard InChI is InChI=1S/C15H19FN2O2S.C10H15NOS.C2H6/c1-9-4-5-12(16)6-13(9)17-10(2)7-15(14(19)20)8-21-11(3)18-15;1-2-4-9(5-3-7-12)10-11-6-8-13-10;1-2/h4-6,10,17H,7-8H2,1-3H3,(H,19,20);3-5,12H,2,6-8H2,1H3;1-2H3/b;5-3-,9-4+;. The number of carboxylic acids is 1. The minimum absolute atomic E-state index is 0.0962. The molecule has 0 fully saturated rings. The molecule has 9 heteroatoms. The van der Waals surface area contributed by atoms with Crippen LogP contribution in [0.15, 0.2) is 52.0 Å². The van der Waals surface area contributed by atoms with Crippen molar-refractivity contribution in [3.8, 4) is 0 Å². The fourth-order valence-corrected chi connectivity index (χ4v) is 5.47. The lowest BCUT2D eigenvalue weighted by molar-refractivity contribution is -0.142. The molecule has 2 aliphatic heterocycles. The molecule has 1 aromatic rings. The molecule has 2 aliphatic rings. The number of aliphatic imine (C=N–C) groups is 2. The number of hydrogen-bond donors (Lipinski definition) is 3. The quantitative estimate of drug-likeness (QED) is 0.318. The van der Waals surface area contributed by atoms with E-state index in [4.69, 9.17) is 5.11 Å². The number of aliphatic carboxylic acids is 1. The summed E-state index contributed by atoms with van der Waals surface area (Å²) < 4.78 is 13.3. The first-order valence-corrected chi connectivity index (χ1v) is 14.3. The Kier molecular flexibility index (Phi) is 14.7. The monoisotopic (exact) mass is 537 g/mol. The number of nitrogens with zero attached hydrogens (tertiary/aromatic N) is 2. The van der Waals surface area contributed by atoms with Crippen LogP contribution in [0.5, 0.6) is 0 Å². The molecule has 0 radical (unpaired) electrons. The number of carbonyl (C=O) groups is 1. The third kappa shape index (κ3) is 10.1. The van der Waals surface area contributed by atoms with Crippen molar-refractivity contribution in [3.63, 3.8) is 0 Å². The van der Waals surface area contributed by atoms with E-state index in [-0.39, 0.29) is 18.5 Å². The zero-order valence-electron chi connectivity index (χ0n) is 22.2. The van der Waals surface area contributed by atoms with Crippen LogP contribution in [0.1, 0.15) is 53.0 Å². The number of aliphatic hydroxyl groups excluding tert-OH is 1. The second-order valence-corrected chi connectivity index (χ2v) is 10.4. The van der Waals surface area contributed by atoms with Gasteiger partial charge < -0.3 is 15.5 Å². The Morgan fingerprint density at radius 3 is 2.56 bits per heavy atom. The van der Waals surface area contributed by atoms with Gasteiger partial charge in [-0.1, -0.05) is 45.1 Å². The molecule has 0 saturated carbocycles. The molecule has 0 amide bonds. The fraction of sp³-hybridized carbons (Fsp3) is 0.519. The smallest absolute Gasteiger partial charge is 0.332 e. The van der Waals surface area contributed by atoms with Gasteiger partial charge in [0.25, 0.3) is 0 Å². The van der Waals surface area contributed by atoms with Crippen LogP contribution in [0.3, 0.4) is 0 Å². The van der Waals surface area contributed by atoms with E-state index >= 15 is 0 Å². The highest BCUT2D eigenvalue weighted by Crippen LogP contribution is 2.33. The summed E-state index contributed by atoms with van der Waals surface area (Å²) in [5.74, 6) is 0.316. The highest BCUT2D eigenvalue weighted by molar-refractivity contribution is 8.14. The summed E-state index contributed by atoms with van der Waals surface area (Å²) in [5, 5.41) is 23.3. The minimum Gasteiger partial charge on any atom is -0.479 e. The summed E-state index contributed by atoms with van der Waals surface area (Å²) in [4.78, 5) is 20.3. The van der Waals surface area contributed by atoms with Crippen molar-refractivity contribution < 1.29 is 19.4 Å². The molecular weight excluding hydrogens is 497 g/mol. The lowest BCUT2D eigenvalue weighted by atomic mass is 9.94. The number of allylic oxidation sites excluding steroid dienone is 2. The van der Waals surface area contributed by atoms with Gasteiger partial charge in [-0.25, -0.2) is 9.18 Å². The van der Waals surface area contributed by atoms with Gasteiger partial charge in [0.1, 0.15) is 5.82 Å². The van der Waals surface area contributed by atoms with Crippen molar-refractivity contribution in [1.29, 1.82) is 0 Å². The molecule has 3 N–H and O–H groups in total. The summed E-state index contributed by atoms with van der Waals surface area (Å²) >= 11 is 3.26. The number of halogens is 1. The molecule has 3 rings (SSSR count). The first-order chi connectivity index (χ1) is 17.2. The first kappa shape index (κ1) is 31.9. The lowest BCUT2D eigenvalue weighted by Crippen LogP contribution is -2.42. The predicted octanol–water partition coefficient (Wildman–Crippen LogP) is 6.36. The van der Waals surface area contributed by atoms with Crippen LogP contribution in [-0.2, 0) is 4.79 Å². The fourth-order valence-electron chi connectivity index (χ4n) is 3.60. The Morgan fingerprint density at radius 2 is 2.03 bits per heavy atom. The summed E-state index contributed by atoms with van der Waals surface area (Å²) in [5.41, 5.74) is 1.68. The zero-order valence-corrected chi connectivity index (χ0v) is 23.8. The maximum absolute atomic E-state index is 13.3. The highest BCUT2D eigenvalue weighted by Gasteiger charge is 2.43. The van der Waals surface area contributed by atoms with Crippen LogP contribution in [0.2, 0.25) is 0 Å². The van der Waals surface area contributed by atoms with E-state index in [0.29, 0.717) is 17.9 Å². The summed E-state index contributed by atoms with van der Waals surface area (Å²) in [7, 11) is 0. The van der Waals surface area contributed by atoms with Crippen molar-refractivity contribution >= 4 is 45.3 Å². The number of rotatable bonds is 9. The van der Waals surface area contributed by atoms with E-state index in [1.54, 1.807) is 23.9 Å². The second-order valence-electron chi connectivity index (χ2n) is 8.15. The van der Waals surface area contributed by atoms with E-state index < -0.39 is 11.5 Å². The van der Waals surface area contributed by atoms with E-state index in [1.165, 1.54) is 23.9 Å². The number of carboxylic acid groups (broad SMARTS) is 1. The van der Waals surface area contributed by atoms with E-state index in [1.807, 2.05) is 40.7 Å². The molecule has 0 aromatic heterocycles. The summed E-state index contributed by atoms with van der Waals surface area (Å²) in [6.45, 7) is 12.7. The Hall–Kier alpha value is -2.10. The van der Waals surface area contributed by atoms with Gasteiger partial charge in [0.15, 0.2) is 5.54 Å². The maximum Gasteiger partial charge on any atom is 0.332 e. The molecule has 0 saturated heterocycles. The van der Waals surface area contributed by atoms with Crippen molar-refractivity contribution in [2.75, 3.05) is 30.0 Å². The van der Waals surface area contributed by atoms with E-state index in [0.717, 1.165) is 39.9 Å². The minimum atomic E-state index is -1.08. The van der Waals surface area contributed by atoms with Gasteiger partial charge in [-0.05, 0) is 44.9 Å². The molecule has 2 atom stereocenters. The second kappa shape index (κ2) is 16.6. The molecule has 0 spiro atoms. The van der Waals surface area contributed by atoms with Crippen molar-refractivity contribution in [2.45, 2.75) is 66.0 Å². The number of benzene rings is 1. The average molecular weight is 538 g/mol. The summed E-state index contributed by atoms with van der Waals surface area (Å²) in [6.07, 6.45) is 7.21. The normalized spacial score (nSPS) is 20.1. The largest absolute Gasteiger partial charge is 0.479 e. The Balaban J connectivity index is 0.000000371. The van der Waals surface area contributed by atoms with Crippen LogP contribution < -0.4 is 5.32 Å². The molecule has 2 heterocycles. The summed E-state index contributed by atoms with van der Waals surface area (Å²) in [6, 6.07) is 4.41. The first-order valence-electron chi connectivity index (χ1n) is 12.3. The van der Waals surface area contributed by atoms with Gasteiger partial charge in [-0.15, -0.1) is 23.5 Å². The number of anilines is 1. The van der Waals surface area contributed by atoms with Gasteiger partial charge in [-0.2, -0.15) is 0 Å². The SMILES string of the molecule is CC.CC/C=C(\C=C/CO)C1=NCCS1.CC1=NC(CC(C)Nc2cc(F)ccc2C)(C(=O)O)CS1. The topological polar surface area (TPSA) is 94.3 Å². The van der Waals surface area contributed by atoms with Crippen LogP contribution in [0.4, 0.5) is 10.1 Å². The molecule has 6 nitrogen and oxygen atoms in total. The van der Waals surface area contributed by atoms with Gasteiger partial charge in [0.2, 0.25) is 0 Å². The maximum atomic E-state index is 13.3. The third-order valence-corrected chi connectivity index (χ3v) is 7.35. The number of hydrogen-bond acceptors (Lipinski definition) is 7. The molecule has 0 aliphatic carbocycles. The molecule has 0 bridgehead atoms. The van der Waals surface area contributed by atoms with Crippen LogP contribution in [0, 0.1) is 12.7 Å². The molecule has 2 unspecified atom stereocenters. The lowest BCUT2D eigenvalue weighted by Gasteiger charge is -2.26. The number of aliphatic hydroxyl groups is 1. The highest BCUT2D eigenvalue weighted by atomic mass is 32.2. The van der Waals surface area contributed by atoms with Crippen molar-refractivity contribution in [1.82, 2.24) is 0 Å². The Labute approximate surface area is 223 Å². The van der Waals surface area contributed by atoms with Crippen molar-refractivity contribution in [3.05, 3.63) is 53.4 Å². The van der Waals surface area contributed by atoms with Crippen molar-refractivity contribution in [2.24, 2.45) is 9.98 Å². The third-order valence-electron chi connectivity index (χ3n) is 5.19. The van der Waals surface area contributed by atoms with Gasteiger partial charge in [0, 0.05) is 41.8 Å². The van der Waals surface area contributed by atoms with Gasteiger partial charge >= 0.3 is 5.97 Å². The molecule has 36 heavy (non-hydrogen) atoms.